The quantitative estimate of drug-likeness (QED) is 0.816. The summed E-state index contributed by atoms with van der Waals surface area (Å²) in [4.78, 5) is 22.5. The number of carbonyl (C=O) groups is 1. The highest BCUT2D eigenvalue weighted by Crippen LogP contribution is 2.34. The predicted molar refractivity (Wildman–Crippen MR) is 94.4 cm³/mol. The predicted octanol–water partition coefficient (Wildman–Crippen LogP) is 3.13. The van der Waals surface area contributed by atoms with Crippen molar-refractivity contribution in [3.05, 3.63) is 47.3 Å². The van der Waals surface area contributed by atoms with Gasteiger partial charge in [-0.25, -0.2) is 14.8 Å². The maximum Gasteiger partial charge on any atom is 0.419 e. The number of amides is 1. The first kappa shape index (κ1) is 18.5. The van der Waals surface area contributed by atoms with Crippen LogP contribution in [0.15, 0.2) is 30.6 Å². The summed E-state index contributed by atoms with van der Waals surface area (Å²) in [5.41, 5.74) is 1.95. The Kier molecular flexibility index (Phi) is 4.58. The fourth-order valence-electron chi connectivity index (χ4n) is 3.71. The van der Waals surface area contributed by atoms with Gasteiger partial charge in [0.1, 0.15) is 0 Å². The third-order valence-electron chi connectivity index (χ3n) is 5.17. The molecule has 1 aromatic heterocycles. The van der Waals surface area contributed by atoms with E-state index >= 15 is 0 Å². The summed E-state index contributed by atoms with van der Waals surface area (Å²) in [5.74, 6) is 0.0834. The van der Waals surface area contributed by atoms with Crippen molar-refractivity contribution < 1.29 is 23.1 Å². The van der Waals surface area contributed by atoms with Crippen molar-refractivity contribution in [1.82, 2.24) is 19.8 Å². The summed E-state index contributed by atoms with van der Waals surface area (Å²) >= 11 is 0. The van der Waals surface area contributed by atoms with E-state index in [1.54, 1.807) is 0 Å². The normalized spacial score (nSPS) is 19.7. The molecule has 0 bridgehead atoms. The molecule has 0 unspecified atom stereocenters. The van der Waals surface area contributed by atoms with Gasteiger partial charge in [-0.05, 0) is 29.7 Å². The number of carboxylic acid groups (broad SMARTS) is 1. The second-order valence-corrected chi connectivity index (χ2v) is 6.86. The zero-order chi connectivity index (χ0) is 19.9. The Labute approximate surface area is 158 Å². The lowest BCUT2D eigenvalue weighted by Gasteiger charge is -2.44. The van der Waals surface area contributed by atoms with Crippen molar-refractivity contribution >= 4 is 17.7 Å². The molecule has 2 aromatic rings. The molecule has 4 rings (SSSR count). The van der Waals surface area contributed by atoms with E-state index in [-0.39, 0.29) is 12.0 Å². The highest BCUT2D eigenvalue weighted by molar-refractivity contribution is 5.65. The van der Waals surface area contributed by atoms with Crippen molar-refractivity contribution in [2.24, 2.45) is 0 Å². The van der Waals surface area contributed by atoms with E-state index in [1.165, 1.54) is 4.90 Å². The molecule has 3 heterocycles. The lowest BCUT2D eigenvalue weighted by atomic mass is 9.90. The molecule has 1 saturated heterocycles. The second-order valence-electron chi connectivity index (χ2n) is 6.86. The Balaban J connectivity index is 1.52. The maximum atomic E-state index is 12.6. The molecule has 1 atom stereocenters. The minimum atomic E-state index is -4.47. The van der Waals surface area contributed by atoms with Gasteiger partial charge in [0.25, 0.3) is 0 Å². The highest BCUT2D eigenvalue weighted by Gasteiger charge is 2.34. The molecule has 0 saturated carbocycles. The van der Waals surface area contributed by atoms with Crippen LogP contribution < -0.4 is 5.32 Å². The van der Waals surface area contributed by atoms with Crippen LogP contribution in [-0.2, 0) is 12.6 Å². The number of hydrogen-bond acceptors (Lipinski definition) is 5. The third kappa shape index (κ3) is 3.59. The number of fused-ring (bicyclic) bond motifs is 3. The van der Waals surface area contributed by atoms with Crippen LogP contribution in [0.5, 0.6) is 0 Å². The van der Waals surface area contributed by atoms with Crippen LogP contribution in [0.3, 0.4) is 0 Å². The second kappa shape index (κ2) is 6.93. The van der Waals surface area contributed by atoms with Gasteiger partial charge < -0.3 is 15.3 Å². The number of rotatable bonds is 2. The summed E-state index contributed by atoms with van der Waals surface area (Å²) in [7, 11) is 0. The summed E-state index contributed by atoms with van der Waals surface area (Å²) in [6.07, 6.45) is -3.07. The van der Waals surface area contributed by atoms with Gasteiger partial charge in [-0.2, -0.15) is 13.2 Å². The number of piperazine rings is 1. The maximum absolute atomic E-state index is 12.6. The van der Waals surface area contributed by atoms with Crippen LogP contribution in [0.2, 0.25) is 0 Å². The van der Waals surface area contributed by atoms with Crippen molar-refractivity contribution in [2.75, 3.05) is 31.5 Å². The molecule has 2 aliphatic heterocycles. The van der Waals surface area contributed by atoms with Crippen LogP contribution >= 0.6 is 0 Å². The molecule has 148 valence electrons. The Morgan fingerprint density at radius 3 is 2.61 bits per heavy atom. The number of aromatic nitrogens is 2. The van der Waals surface area contributed by atoms with Gasteiger partial charge in [0.05, 0.1) is 11.6 Å². The van der Waals surface area contributed by atoms with Gasteiger partial charge in [0.2, 0.25) is 5.95 Å². The number of benzene rings is 1. The van der Waals surface area contributed by atoms with E-state index in [9.17, 15) is 23.1 Å². The standard InChI is InChI=1S/C18H18F3N5O2/c19-18(20,21)12-8-22-16(23-9-12)24-13-1-2-14-11(7-13)3-4-25-5-6-26(17(27)28)10-15(14)25/h1-2,7-9,15H,3-6,10H2,(H,27,28)(H,22,23,24)/t15-/m0/s1. The van der Waals surface area contributed by atoms with Gasteiger partial charge in [0.15, 0.2) is 0 Å². The molecule has 1 amide bonds. The van der Waals surface area contributed by atoms with E-state index in [0.717, 1.165) is 36.5 Å². The fraction of sp³-hybridized carbons (Fsp3) is 0.389. The molecule has 28 heavy (non-hydrogen) atoms. The summed E-state index contributed by atoms with van der Waals surface area (Å²) < 4.78 is 37.8. The van der Waals surface area contributed by atoms with Crippen LogP contribution in [0, 0.1) is 0 Å². The molecule has 1 aromatic carbocycles. The fourth-order valence-corrected chi connectivity index (χ4v) is 3.71. The van der Waals surface area contributed by atoms with Crippen LogP contribution in [0.1, 0.15) is 22.7 Å². The SMILES string of the molecule is O=C(O)N1CCN2CCc3cc(Nc4ncc(C(F)(F)F)cn4)ccc3[C@@H]2C1. The molecule has 0 spiro atoms. The van der Waals surface area contributed by atoms with Gasteiger partial charge >= 0.3 is 12.3 Å². The minimum Gasteiger partial charge on any atom is -0.465 e. The van der Waals surface area contributed by atoms with Crippen molar-refractivity contribution in [1.29, 1.82) is 0 Å². The first-order valence-corrected chi connectivity index (χ1v) is 8.82. The summed E-state index contributed by atoms with van der Waals surface area (Å²) in [6.45, 7) is 2.48. The smallest absolute Gasteiger partial charge is 0.419 e. The van der Waals surface area contributed by atoms with Gasteiger partial charge in [-0.15, -0.1) is 0 Å². The number of hydrogen-bond donors (Lipinski definition) is 2. The molecule has 1 fully saturated rings. The van der Waals surface area contributed by atoms with Crippen molar-refractivity contribution in [3.63, 3.8) is 0 Å². The molecule has 2 aliphatic rings. The average Bonchev–Trinajstić information content (AvgIpc) is 2.67. The highest BCUT2D eigenvalue weighted by atomic mass is 19.4. The first-order chi connectivity index (χ1) is 13.3. The van der Waals surface area contributed by atoms with Crippen molar-refractivity contribution in [2.45, 2.75) is 18.6 Å². The van der Waals surface area contributed by atoms with E-state index in [1.807, 2.05) is 18.2 Å². The Hall–Kier alpha value is -2.88. The van der Waals surface area contributed by atoms with Crippen LogP contribution in [0.4, 0.5) is 29.6 Å². The van der Waals surface area contributed by atoms with Crippen molar-refractivity contribution in [3.8, 4) is 0 Å². The lowest BCUT2D eigenvalue weighted by Crippen LogP contribution is -2.52. The monoisotopic (exact) mass is 393 g/mol. The largest absolute Gasteiger partial charge is 0.465 e. The third-order valence-corrected chi connectivity index (χ3v) is 5.17. The molecular weight excluding hydrogens is 375 g/mol. The number of alkyl halides is 3. The Morgan fingerprint density at radius 2 is 1.93 bits per heavy atom. The molecule has 0 radical (unpaired) electrons. The van der Waals surface area contributed by atoms with E-state index in [4.69, 9.17) is 0 Å². The van der Waals surface area contributed by atoms with Crippen LogP contribution in [-0.4, -0.2) is 57.1 Å². The number of nitrogens with one attached hydrogen (secondary N) is 1. The summed E-state index contributed by atoms with van der Waals surface area (Å²) in [6, 6.07) is 5.69. The van der Waals surface area contributed by atoms with E-state index in [2.05, 4.69) is 20.2 Å². The molecule has 7 nitrogen and oxygen atoms in total. The van der Waals surface area contributed by atoms with Gasteiger partial charge in [-0.1, -0.05) is 6.07 Å². The molecule has 2 N–H and O–H groups in total. The molecule has 10 heteroatoms. The number of halogens is 3. The minimum absolute atomic E-state index is 0.0185. The first-order valence-electron chi connectivity index (χ1n) is 8.82. The zero-order valence-corrected chi connectivity index (χ0v) is 14.8. The van der Waals surface area contributed by atoms with Gasteiger partial charge in [-0.3, -0.25) is 4.90 Å². The Bertz CT molecular complexity index is 888. The summed E-state index contributed by atoms with van der Waals surface area (Å²) in [5, 5.41) is 12.2. The molecule has 0 aliphatic carbocycles. The lowest BCUT2D eigenvalue weighted by molar-refractivity contribution is -0.138. The zero-order valence-electron chi connectivity index (χ0n) is 14.8. The average molecular weight is 393 g/mol. The van der Waals surface area contributed by atoms with Gasteiger partial charge in [0, 0.05) is 44.3 Å². The Morgan fingerprint density at radius 1 is 1.18 bits per heavy atom. The number of nitrogens with zero attached hydrogens (tertiary/aromatic N) is 4. The molecular formula is C18H18F3N5O2. The topological polar surface area (TPSA) is 81.6 Å². The van der Waals surface area contributed by atoms with E-state index < -0.39 is 17.8 Å². The van der Waals surface area contributed by atoms with Crippen LogP contribution in [0.25, 0.3) is 0 Å². The van der Waals surface area contributed by atoms with E-state index in [0.29, 0.717) is 25.3 Å². The number of anilines is 2.